The van der Waals surface area contributed by atoms with Gasteiger partial charge in [-0.3, -0.25) is 9.41 Å². The minimum absolute atomic E-state index is 0. The van der Waals surface area contributed by atoms with Gasteiger partial charge < -0.3 is 5.71 Å². The first-order chi connectivity index (χ1) is 0. The summed E-state index contributed by atoms with van der Waals surface area (Å²) >= 11 is 0. The summed E-state index contributed by atoms with van der Waals surface area (Å²) in [5.41, 5.74) is 0. The summed E-state index contributed by atoms with van der Waals surface area (Å²) < 4.78 is 0. The third-order valence-electron chi connectivity index (χ3n) is 0. The third-order valence-corrected chi connectivity index (χ3v) is 0. The van der Waals surface area contributed by atoms with E-state index in [1.54, 1.807) is 0 Å². The van der Waals surface area contributed by atoms with Crippen LogP contribution in [-0.4, -0.2) is 115 Å². The van der Waals surface area contributed by atoms with Crippen LogP contribution in [0.5, 0.6) is 0 Å². The minimum Gasteiger partial charge on any atom is -1.00 e. The zero-order valence-electron chi connectivity index (χ0n) is 6.23. The molecular weight excluding hydrogens is 340 g/mol. The van der Waals surface area contributed by atoms with E-state index in [1.807, 2.05) is 0 Å². The standard InChI is InChI=1S/Al.2Ba.2FH.7H/h;;;2*1H;;;;;;;/q;2*+2;;;;;;4*-1. The van der Waals surface area contributed by atoms with Gasteiger partial charge in [-0.2, -0.15) is 0 Å². The number of hydrogen-bond donors (Lipinski definition) is 0. The van der Waals surface area contributed by atoms with Crippen molar-refractivity contribution in [2.45, 2.75) is 0 Å². The average Bonchev–Trinajstić information content (AvgIpc) is 0. The van der Waals surface area contributed by atoms with Crippen LogP contribution < -0.4 is 0 Å². The molecular formula is H9AlBa2F2. The third kappa shape index (κ3) is 18.5. The molecule has 0 rings (SSSR count). The Morgan fingerprint density at radius 1 is 0.800 bits per heavy atom. The van der Waals surface area contributed by atoms with Gasteiger partial charge in [-0.25, -0.2) is 0 Å². The Bertz CT molecular complexity index is 16.5. The second-order valence-electron chi connectivity index (χ2n) is 0. The maximum atomic E-state index is 0. The van der Waals surface area contributed by atoms with E-state index in [1.165, 1.54) is 0 Å². The van der Waals surface area contributed by atoms with Gasteiger partial charge in [-0.15, -0.1) is 0 Å². The molecule has 0 saturated heterocycles. The summed E-state index contributed by atoms with van der Waals surface area (Å²) in [4.78, 5) is 0. The quantitative estimate of drug-likeness (QED) is 0.483. The van der Waals surface area contributed by atoms with Gasteiger partial charge in [0.1, 0.15) is 0 Å². The second kappa shape index (κ2) is 25.8. The van der Waals surface area contributed by atoms with Gasteiger partial charge in [0.2, 0.25) is 0 Å². The summed E-state index contributed by atoms with van der Waals surface area (Å²) in [5, 5.41) is 0. The van der Waals surface area contributed by atoms with Crippen LogP contribution in [0.3, 0.4) is 0 Å². The van der Waals surface area contributed by atoms with Gasteiger partial charge in [0.15, 0.2) is 17.4 Å². The van der Waals surface area contributed by atoms with E-state index in [9.17, 15) is 0 Å². The van der Waals surface area contributed by atoms with Crippen LogP contribution in [-0.2, 0) is 0 Å². The Morgan fingerprint density at radius 3 is 0.800 bits per heavy atom. The topological polar surface area (TPSA) is 0 Å². The summed E-state index contributed by atoms with van der Waals surface area (Å²) in [5.74, 6) is 0. The molecule has 30 valence electrons. The SMILES string of the molecule is F.F.[AlH3].[Ba+2].[Ba+2].[H-].[H-].[H-].[H-]. The minimum atomic E-state index is 0. The molecule has 0 aromatic carbocycles. The molecule has 0 aromatic heterocycles. The van der Waals surface area contributed by atoms with Gasteiger partial charge in [-0.05, 0) is 0 Å². The normalized spacial score (nSPS) is 0. The first-order valence-corrected chi connectivity index (χ1v) is 0. The van der Waals surface area contributed by atoms with Crippen LogP contribution in [0.15, 0.2) is 0 Å². The van der Waals surface area contributed by atoms with Crippen LogP contribution in [0.1, 0.15) is 5.71 Å². The van der Waals surface area contributed by atoms with Gasteiger partial charge in [0.25, 0.3) is 0 Å². The molecule has 5 heteroatoms. The van der Waals surface area contributed by atoms with Crippen molar-refractivity contribution < 1.29 is 15.1 Å². The molecule has 0 amide bonds. The van der Waals surface area contributed by atoms with Gasteiger partial charge in [0, 0.05) is 0 Å². The number of rotatable bonds is 0. The smallest absolute Gasteiger partial charge is 1.00 e. The largest absolute Gasteiger partial charge is 2.00 e. The molecule has 0 heterocycles. The van der Waals surface area contributed by atoms with Gasteiger partial charge in [0.05, 0.1) is 0 Å². The molecule has 0 aromatic rings. The number of halogens is 2. The predicted octanol–water partition coefficient (Wildman–Crippen LogP) is -1.19. The fourth-order valence-electron chi connectivity index (χ4n) is 0. The van der Waals surface area contributed by atoms with Crippen molar-refractivity contribution in [1.82, 2.24) is 0 Å². The Hall–Kier alpha value is 3.54. The van der Waals surface area contributed by atoms with E-state index in [0.29, 0.717) is 0 Å². The Morgan fingerprint density at radius 2 is 0.800 bits per heavy atom. The van der Waals surface area contributed by atoms with E-state index in [4.69, 9.17) is 0 Å². The summed E-state index contributed by atoms with van der Waals surface area (Å²) in [6, 6.07) is 0. The molecule has 0 fully saturated rings. The van der Waals surface area contributed by atoms with Gasteiger partial charge in [-0.1, -0.05) is 0 Å². The zero-order valence-corrected chi connectivity index (χ0v) is 11.1. The molecule has 0 saturated carbocycles. The molecule has 0 aliphatic heterocycles. The van der Waals surface area contributed by atoms with Crippen molar-refractivity contribution in [3.05, 3.63) is 0 Å². The first kappa shape index (κ1) is 38.8. The number of hydrogen-bond acceptors (Lipinski definition) is 0. The molecule has 0 radical (unpaired) electrons. The summed E-state index contributed by atoms with van der Waals surface area (Å²) in [6.07, 6.45) is 0. The predicted molar refractivity (Wildman–Crippen MR) is 30.9 cm³/mol. The zero-order chi connectivity index (χ0) is 0. The van der Waals surface area contributed by atoms with Crippen LogP contribution in [0.4, 0.5) is 9.41 Å². The van der Waals surface area contributed by atoms with Gasteiger partial charge >= 0.3 is 97.8 Å². The summed E-state index contributed by atoms with van der Waals surface area (Å²) in [6.45, 7) is 0. The molecule has 0 aliphatic rings. The Labute approximate surface area is 127 Å². The van der Waals surface area contributed by atoms with Crippen molar-refractivity contribution in [1.29, 1.82) is 0 Å². The maximum absolute atomic E-state index is 0. The van der Waals surface area contributed by atoms with Crippen molar-refractivity contribution in [2.75, 3.05) is 0 Å². The van der Waals surface area contributed by atoms with Crippen LogP contribution in [0, 0.1) is 0 Å². The fraction of sp³-hybridized carbons (Fsp3) is 0. The maximum Gasteiger partial charge on any atom is 2.00 e. The molecule has 0 atom stereocenters. The molecule has 0 unspecified atom stereocenters. The second-order valence-corrected chi connectivity index (χ2v) is 0. The van der Waals surface area contributed by atoms with E-state index in [0.717, 1.165) is 0 Å². The monoisotopic (exact) mass is 350 g/mol. The molecule has 0 bridgehead atoms. The van der Waals surface area contributed by atoms with E-state index < -0.39 is 0 Å². The van der Waals surface area contributed by atoms with Crippen molar-refractivity contribution >= 4 is 115 Å². The summed E-state index contributed by atoms with van der Waals surface area (Å²) in [7, 11) is 0. The molecule has 0 nitrogen and oxygen atoms in total. The van der Waals surface area contributed by atoms with Crippen molar-refractivity contribution in [3.8, 4) is 0 Å². The molecule has 0 N–H and O–H groups in total. The van der Waals surface area contributed by atoms with Crippen LogP contribution in [0.25, 0.3) is 0 Å². The molecule has 0 spiro atoms. The van der Waals surface area contributed by atoms with Crippen LogP contribution in [0.2, 0.25) is 0 Å². The molecule has 0 aliphatic carbocycles. The molecule has 5 heavy (non-hydrogen) atoms. The fourth-order valence-corrected chi connectivity index (χ4v) is 0. The first-order valence-electron chi connectivity index (χ1n) is 0. The van der Waals surface area contributed by atoms with E-state index in [-0.39, 0.29) is 130 Å². The average molecular weight is 349 g/mol. The Kier molecular flexibility index (Phi) is 200. The van der Waals surface area contributed by atoms with E-state index in [2.05, 4.69) is 0 Å². The van der Waals surface area contributed by atoms with Crippen molar-refractivity contribution in [2.24, 2.45) is 0 Å². The Balaban J connectivity index is 0. The van der Waals surface area contributed by atoms with Crippen molar-refractivity contribution in [3.63, 3.8) is 0 Å². The van der Waals surface area contributed by atoms with E-state index >= 15 is 0 Å². The van der Waals surface area contributed by atoms with Crippen LogP contribution >= 0.6 is 0 Å².